The molecule has 4 rings (SSSR count). The van der Waals surface area contributed by atoms with Crippen LogP contribution in [0.4, 0.5) is 4.79 Å². The smallest absolute Gasteiger partial charge is 0.281 e. The Hall–Kier alpha value is -2.47. The molecule has 2 amide bonds. The summed E-state index contributed by atoms with van der Waals surface area (Å²) in [7, 11) is 0. The maximum absolute atomic E-state index is 12.0. The van der Waals surface area contributed by atoms with E-state index in [2.05, 4.69) is 29.6 Å². The molecule has 2 aliphatic heterocycles. The van der Waals surface area contributed by atoms with Gasteiger partial charge in [-0.1, -0.05) is 42.1 Å². The summed E-state index contributed by atoms with van der Waals surface area (Å²) >= 11 is 1.32. The number of hydrogen-bond acceptors (Lipinski definition) is 4. The minimum absolute atomic E-state index is 0.0256. The summed E-state index contributed by atoms with van der Waals surface area (Å²) in [5, 5.41) is 3.01. The molecule has 1 fully saturated rings. The molecular weight excluding hydrogens is 360 g/mol. The lowest BCUT2D eigenvalue weighted by molar-refractivity contribution is -0.121. The maximum Gasteiger partial charge on any atom is 0.281 e. The van der Waals surface area contributed by atoms with Crippen LogP contribution in [0.2, 0.25) is 0 Å². The number of rotatable bonds is 6. The van der Waals surface area contributed by atoms with E-state index in [0.29, 0.717) is 19.5 Å². The number of amides is 2. The van der Waals surface area contributed by atoms with Crippen molar-refractivity contribution in [2.24, 2.45) is 0 Å². The average Bonchev–Trinajstić information content (AvgIpc) is 3.33. The number of carbonyl (C=O) groups is 2. The highest BCUT2D eigenvalue weighted by atomic mass is 32.2. The second kappa shape index (κ2) is 8.05. The van der Waals surface area contributed by atoms with Crippen molar-refractivity contribution in [3.63, 3.8) is 0 Å². The quantitative estimate of drug-likeness (QED) is 0.831. The number of carbonyl (C=O) groups excluding carboxylic acids is 2. The van der Waals surface area contributed by atoms with Crippen molar-refractivity contribution in [3.8, 4) is 16.9 Å². The molecule has 0 atom stereocenters. The minimum Gasteiger partial charge on any atom is -0.493 e. The Balaban J connectivity index is 1.29. The van der Waals surface area contributed by atoms with Crippen molar-refractivity contribution in [2.75, 3.05) is 25.4 Å². The number of benzene rings is 2. The van der Waals surface area contributed by atoms with Gasteiger partial charge in [-0.3, -0.25) is 9.59 Å². The van der Waals surface area contributed by atoms with E-state index in [1.165, 1.54) is 22.9 Å². The van der Waals surface area contributed by atoms with Crippen LogP contribution in [-0.4, -0.2) is 41.5 Å². The fourth-order valence-electron chi connectivity index (χ4n) is 3.34. The van der Waals surface area contributed by atoms with Gasteiger partial charge >= 0.3 is 0 Å². The molecule has 0 unspecified atom stereocenters. The first kappa shape index (κ1) is 17.9. The van der Waals surface area contributed by atoms with Crippen LogP contribution < -0.4 is 10.1 Å². The highest BCUT2D eigenvalue weighted by Crippen LogP contribution is 2.30. The predicted octanol–water partition coefficient (Wildman–Crippen LogP) is 3.46. The molecule has 5 nitrogen and oxygen atoms in total. The molecule has 2 heterocycles. The van der Waals surface area contributed by atoms with Gasteiger partial charge in [-0.05, 0) is 34.4 Å². The van der Waals surface area contributed by atoms with Gasteiger partial charge in [0.1, 0.15) is 5.75 Å². The molecule has 2 aromatic carbocycles. The van der Waals surface area contributed by atoms with Crippen molar-refractivity contribution >= 4 is 22.9 Å². The maximum atomic E-state index is 12.0. The third-order valence-corrected chi connectivity index (χ3v) is 5.81. The van der Waals surface area contributed by atoms with Gasteiger partial charge in [0.15, 0.2) is 0 Å². The minimum atomic E-state index is -0.0256. The standard InChI is InChI=1S/C21H22N2O3S/c24-20(7-9-23-10-12-27-21(23)25)22-14-15-1-3-16(4-2-15)17-5-6-19-18(13-17)8-11-26-19/h1-6,13H,7-12,14H2,(H,22,24). The van der Waals surface area contributed by atoms with Crippen LogP contribution in [0, 0.1) is 0 Å². The summed E-state index contributed by atoms with van der Waals surface area (Å²) in [5.41, 5.74) is 4.66. The molecule has 0 bridgehead atoms. The number of nitrogens with one attached hydrogen (secondary N) is 1. The molecule has 6 heteroatoms. The zero-order valence-electron chi connectivity index (χ0n) is 15.1. The molecule has 27 heavy (non-hydrogen) atoms. The lowest BCUT2D eigenvalue weighted by Gasteiger charge is -2.14. The third kappa shape index (κ3) is 4.27. The number of fused-ring (bicyclic) bond motifs is 1. The van der Waals surface area contributed by atoms with Gasteiger partial charge in [-0.2, -0.15) is 0 Å². The number of ether oxygens (including phenoxy) is 1. The van der Waals surface area contributed by atoms with Crippen molar-refractivity contribution in [1.82, 2.24) is 10.2 Å². The van der Waals surface area contributed by atoms with Crippen molar-refractivity contribution in [3.05, 3.63) is 53.6 Å². The normalized spacial score (nSPS) is 15.6. The molecule has 2 aliphatic rings. The molecule has 1 saturated heterocycles. The fraction of sp³-hybridized carbons (Fsp3) is 0.333. The van der Waals surface area contributed by atoms with Crippen molar-refractivity contribution < 1.29 is 14.3 Å². The van der Waals surface area contributed by atoms with E-state index in [0.717, 1.165) is 42.2 Å². The fourth-order valence-corrected chi connectivity index (χ4v) is 4.19. The lowest BCUT2D eigenvalue weighted by Crippen LogP contribution is -2.30. The van der Waals surface area contributed by atoms with E-state index >= 15 is 0 Å². The van der Waals surface area contributed by atoms with Crippen molar-refractivity contribution in [2.45, 2.75) is 19.4 Å². The summed E-state index contributed by atoms with van der Waals surface area (Å²) in [6.45, 7) is 2.51. The number of hydrogen-bond donors (Lipinski definition) is 1. The van der Waals surface area contributed by atoms with Gasteiger partial charge in [0, 0.05) is 38.2 Å². The van der Waals surface area contributed by atoms with E-state index in [1.807, 2.05) is 18.2 Å². The first-order valence-electron chi connectivity index (χ1n) is 9.22. The zero-order valence-corrected chi connectivity index (χ0v) is 15.9. The Morgan fingerprint density at radius 1 is 1.15 bits per heavy atom. The van der Waals surface area contributed by atoms with Crippen molar-refractivity contribution in [1.29, 1.82) is 0 Å². The molecule has 0 aliphatic carbocycles. The molecule has 0 aromatic heterocycles. The highest BCUT2D eigenvalue weighted by molar-refractivity contribution is 8.13. The summed E-state index contributed by atoms with van der Waals surface area (Å²) < 4.78 is 5.56. The molecule has 0 saturated carbocycles. The van der Waals surface area contributed by atoms with E-state index in [1.54, 1.807) is 4.90 Å². The SMILES string of the molecule is O=C(CCN1CCSC1=O)NCc1ccc(-c2ccc3c(c2)CCO3)cc1. The first-order valence-corrected chi connectivity index (χ1v) is 10.2. The predicted molar refractivity (Wildman–Crippen MR) is 107 cm³/mol. The second-order valence-corrected chi connectivity index (χ2v) is 7.79. The van der Waals surface area contributed by atoms with Gasteiger partial charge in [-0.15, -0.1) is 0 Å². The van der Waals surface area contributed by atoms with E-state index in [9.17, 15) is 9.59 Å². The van der Waals surface area contributed by atoms with Gasteiger partial charge in [0.25, 0.3) is 5.24 Å². The Morgan fingerprint density at radius 3 is 2.74 bits per heavy atom. The molecule has 0 spiro atoms. The average molecular weight is 382 g/mol. The van der Waals surface area contributed by atoms with Crippen LogP contribution in [0.3, 0.4) is 0 Å². The Labute approximate surface area is 163 Å². The lowest BCUT2D eigenvalue weighted by atomic mass is 10.0. The van der Waals surface area contributed by atoms with E-state index in [4.69, 9.17) is 4.74 Å². The monoisotopic (exact) mass is 382 g/mol. The summed E-state index contributed by atoms with van der Waals surface area (Å²) in [6, 6.07) is 14.6. The molecule has 140 valence electrons. The zero-order chi connectivity index (χ0) is 18.6. The van der Waals surface area contributed by atoms with E-state index < -0.39 is 0 Å². The largest absolute Gasteiger partial charge is 0.493 e. The van der Waals surface area contributed by atoms with Crippen LogP contribution in [-0.2, 0) is 17.8 Å². The van der Waals surface area contributed by atoms with Gasteiger partial charge < -0.3 is 15.0 Å². The van der Waals surface area contributed by atoms with Crippen LogP contribution in [0.1, 0.15) is 17.5 Å². The van der Waals surface area contributed by atoms with Gasteiger partial charge in [0.2, 0.25) is 5.91 Å². The molecule has 2 aromatic rings. The summed E-state index contributed by atoms with van der Waals surface area (Å²) in [6.07, 6.45) is 1.32. The molecule has 1 N–H and O–H groups in total. The van der Waals surface area contributed by atoms with Gasteiger partial charge in [0.05, 0.1) is 6.61 Å². The number of thioether (sulfide) groups is 1. The third-order valence-electron chi connectivity index (χ3n) is 4.92. The molecular formula is C21H22N2O3S. The van der Waals surface area contributed by atoms with Crippen LogP contribution in [0.25, 0.3) is 11.1 Å². The van der Waals surface area contributed by atoms with E-state index in [-0.39, 0.29) is 11.1 Å². The number of nitrogens with zero attached hydrogens (tertiary/aromatic N) is 1. The topological polar surface area (TPSA) is 58.6 Å². The second-order valence-electron chi connectivity index (χ2n) is 6.75. The van der Waals surface area contributed by atoms with Crippen LogP contribution >= 0.6 is 11.8 Å². The highest BCUT2D eigenvalue weighted by Gasteiger charge is 2.21. The summed E-state index contributed by atoms with van der Waals surface area (Å²) in [5.74, 6) is 1.79. The van der Waals surface area contributed by atoms with Crippen LogP contribution in [0.15, 0.2) is 42.5 Å². The first-order chi connectivity index (χ1) is 13.2. The summed E-state index contributed by atoms with van der Waals surface area (Å²) in [4.78, 5) is 25.3. The van der Waals surface area contributed by atoms with Crippen LogP contribution in [0.5, 0.6) is 5.75 Å². The Kier molecular flexibility index (Phi) is 5.34. The Morgan fingerprint density at radius 2 is 1.96 bits per heavy atom. The van der Waals surface area contributed by atoms with Gasteiger partial charge in [-0.25, -0.2) is 0 Å². The molecule has 0 radical (unpaired) electrons. The Bertz CT molecular complexity index is 851.